The van der Waals surface area contributed by atoms with Crippen LogP contribution in [-0.4, -0.2) is 76.3 Å². The van der Waals surface area contributed by atoms with Gasteiger partial charge < -0.3 is 19.9 Å². The highest BCUT2D eigenvalue weighted by Crippen LogP contribution is 2.28. The van der Waals surface area contributed by atoms with Gasteiger partial charge in [0.05, 0.1) is 6.61 Å². The molecule has 116 valence electrons. The lowest BCUT2D eigenvalue weighted by Gasteiger charge is -2.23. The molecule has 2 aliphatic rings. The summed E-state index contributed by atoms with van der Waals surface area (Å²) >= 11 is 0. The van der Waals surface area contributed by atoms with E-state index in [4.69, 9.17) is 4.74 Å². The van der Waals surface area contributed by atoms with Gasteiger partial charge in [-0.25, -0.2) is 0 Å². The first-order chi connectivity index (χ1) is 9.69. The number of hydrogen-bond donors (Lipinski definition) is 1. The second-order valence-electron chi connectivity index (χ2n) is 6.28. The third-order valence-corrected chi connectivity index (χ3v) is 4.23. The van der Waals surface area contributed by atoms with E-state index in [-0.39, 0.29) is 0 Å². The maximum atomic E-state index is 5.68. The summed E-state index contributed by atoms with van der Waals surface area (Å²) < 4.78 is 5.68. The Kier molecular flexibility index (Phi) is 6.10. The molecule has 1 aliphatic heterocycles. The van der Waals surface area contributed by atoms with Crippen LogP contribution in [0.2, 0.25) is 0 Å². The van der Waals surface area contributed by atoms with Crippen molar-refractivity contribution in [2.24, 2.45) is 16.8 Å². The minimum absolute atomic E-state index is 0.747. The quantitative estimate of drug-likeness (QED) is 0.427. The molecule has 0 aromatic carbocycles. The van der Waals surface area contributed by atoms with E-state index in [1.807, 2.05) is 7.05 Å². The molecule has 5 heteroatoms. The van der Waals surface area contributed by atoms with Gasteiger partial charge in [0.15, 0.2) is 5.96 Å². The summed E-state index contributed by atoms with van der Waals surface area (Å²) in [4.78, 5) is 8.91. The van der Waals surface area contributed by atoms with E-state index in [0.717, 1.165) is 44.1 Å². The van der Waals surface area contributed by atoms with Gasteiger partial charge in [0, 0.05) is 40.3 Å². The summed E-state index contributed by atoms with van der Waals surface area (Å²) in [6, 6.07) is 0. The molecular formula is C15H30N4O. The maximum Gasteiger partial charge on any atom is 0.193 e. The predicted octanol–water partition coefficient (Wildman–Crippen LogP) is 0.872. The summed E-state index contributed by atoms with van der Waals surface area (Å²) in [5, 5.41) is 3.49. The van der Waals surface area contributed by atoms with Gasteiger partial charge in [-0.15, -0.1) is 0 Å². The molecule has 0 amide bonds. The molecule has 0 aromatic rings. The zero-order valence-corrected chi connectivity index (χ0v) is 13.3. The molecule has 1 aliphatic carbocycles. The van der Waals surface area contributed by atoms with E-state index in [1.54, 1.807) is 0 Å². The number of rotatable bonds is 7. The molecular weight excluding hydrogens is 252 g/mol. The Bertz CT molecular complexity index is 317. The number of nitrogens with one attached hydrogen (secondary N) is 1. The highest BCUT2D eigenvalue weighted by Gasteiger charge is 2.21. The van der Waals surface area contributed by atoms with Crippen LogP contribution in [-0.2, 0) is 4.74 Å². The van der Waals surface area contributed by atoms with Gasteiger partial charge in [0.1, 0.15) is 0 Å². The monoisotopic (exact) mass is 282 g/mol. The molecule has 2 rings (SSSR count). The Labute approximate surface area is 123 Å². The number of aliphatic imine (C=N–C) groups is 1. The molecule has 1 saturated carbocycles. The second kappa shape index (κ2) is 7.84. The van der Waals surface area contributed by atoms with E-state index in [1.165, 1.54) is 32.4 Å². The van der Waals surface area contributed by atoms with E-state index in [0.29, 0.717) is 0 Å². The average Bonchev–Trinajstić information content (AvgIpc) is 3.17. The molecule has 0 bridgehead atoms. The van der Waals surface area contributed by atoms with Crippen LogP contribution in [0.4, 0.5) is 0 Å². The fraction of sp³-hybridized carbons (Fsp3) is 0.933. The van der Waals surface area contributed by atoms with Crippen LogP contribution in [0.3, 0.4) is 0 Å². The smallest absolute Gasteiger partial charge is 0.193 e. The van der Waals surface area contributed by atoms with Gasteiger partial charge in [-0.3, -0.25) is 4.99 Å². The van der Waals surface area contributed by atoms with E-state index >= 15 is 0 Å². The van der Waals surface area contributed by atoms with Gasteiger partial charge in [0.25, 0.3) is 0 Å². The lowest BCUT2D eigenvalue weighted by molar-refractivity contribution is 0.115. The van der Waals surface area contributed by atoms with Gasteiger partial charge in [-0.05, 0) is 44.7 Å². The number of hydrogen-bond acceptors (Lipinski definition) is 3. The number of ether oxygens (including phenoxy) is 1. The lowest BCUT2D eigenvalue weighted by atomic mass is 10.1. The standard InChI is InChI=1S/C15H30N4O/c1-16-15(17-10-14-6-7-18(2)11-14)19(3)8-9-20-12-13-4-5-13/h13-14H,4-12H2,1-3H3,(H,16,17). The highest BCUT2D eigenvalue weighted by molar-refractivity contribution is 5.79. The van der Waals surface area contributed by atoms with Gasteiger partial charge in [-0.1, -0.05) is 0 Å². The van der Waals surface area contributed by atoms with Crippen molar-refractivity contribution in [2.45, 2.75) is 19.3 Å². The van der Waals surface area contributed by atoms with Crippen LogP contribution in [0.25, 0.3) is 0 Å². The van der Waals surface area contributed by atoms with Gasteiger partial charge in [-0.2, -0.15) is 0 Å². The van der Waals surface area contributed by atoms with Crippen LogP contribution in [0.15, 0.2) is 4.99 Å². The van der Waals surface area contributed by atoms with Crippen LogP contribution in [0.5, 0.6) is 0 Å². The molecule has 5 nitrogen and oxygen atoms in total. The van der Waals surface area contributed by atoms with Crippen molar-refractivity contribution in [3.05, 3.63) is 0 Å². The Hall–Kier alpha value is -0.810. The maximum absolute atomic E-state index is 5.68. The van der Waals surface area contributed by atoms with Gasteiger partial charge in [0.2, 0.25) is 0 Å². The first-order valence-corrected chi connectivity index (χ1v) is 7.87. The molecule has 20 heavy (non-hydrogen) atoms. The van der Waals surface area contributed by atoms with Gasteiger partial charge >= 0.3 is 0 Å². The first-order valence-electron chi connectivity index (χ1n) is 7.87. The molecule has 0 radical (unpaired) electrons. The number of likely N-dealkylation sites (N-methyl/N-ethyl adjacent to an activating group) is 1. The van der Waals surface area contributed by atoms with E-state index in [2.05, 4.69) is 34.2 Å². The van der Waals surface area contributed by atoms with E-state index < -0.39 is 0 Å². The summed E-state index contributed by atoms with van der Waals surface area (Å²) in [5.74, 6) is 2.57. The molecule has 2 fully saturated rings. The van der Waals surface area contributed by atoms with Crippen molar-refractivity contribution in [2.75, 3.05) is 60.5 Å². The molecule has 1 saturated heterocycles. The van der Waals surface area contributed by atoms with E-state index in [9.17, 15) is 0 Å². The van der Waals surface area contributed by atoms with Crippen molar-refractivity contribution in [1.29, 1.82) is 0 Å². The fourth-order valence-electron chi connectivity index (χ4n) is 2.66. The van der Waals surface area contributed by atoms with Crippen LogP contribution >= 0.6 is 0 Å². The zero-order valence-electron chi connectivity index (χ0n) is 13.3. The third kappa shape index (κ3) is 5.29. The summed E-state index contributed by atoms with van der Waals surface area (Å²) in [6.45, 7) is 6.06. The molecule has 1 heterocycles. The summed E-state index contributed by atoms with van der Waals surface area (Å²) in [5.41, 5.74) is 0. The van der Waals surface area contributed by atoms with Crippen LogP contribution in [0.1, 0.15) is 19.3 Å². The normalized spacial score (nSPS) is 24.1. The Morgan fingerprint density at radius 1 is 1.35 bits per heavy atom. The molecule has 0 spiro atoms. The Balaban J connectivity index is 1.59. The van der Waals surface area contributed by atoms with Crippen molar-refractivity contribution < 1.29 is 4.74 Å². The fourth-order valence-corrected chi connectivity index (χ4v) is 2.66. The lowest BCUT2D eigenvalue weighted by Crippen LogP contribution is -2.42. The van der Waals surface area contributed by atoms with Crippen LogP contribution < -0.4 is 5.32 Å². The largest absolute Gasteiger partial charge is 0.379 e. The van der Waals surface area contributed by atoms with Crippen molar-refractivity contribution in [3.63, 3.8) is 0 Å². The molecule has 1 unspecified atom stereocenters. The topological polar surface area (TPSA) is 40.1 Å². The first kappa shape index (κ1) is 15.6. The van der Waals surface area contributed by atoms with Crippen molar-refractivity contribution in [1.82, 2.24) is 15.1 Å². The SMILES string of the molecule is CN=C(NCC1CCN(C)C1)N(C)CCOCC1CC1. The summed E-state index contributed by atoms with van der Waals surface area (Å²) in [6.07, 6.45) is 4.00. The Morgan fingerprint density at radius 2 is 2.15 bits per heavy atom. The Morgan fingerprint density at radius 3 is 2.75 bits per heavy atom. The number of likely N-dealkylation sites (tertiary alicyclic amines) is 1. The van der Waals surface area contributed by atoms with Crippen molar-refractivity contribution in [3.8, 4) is 0 Å². The zero-order chi connectivity index (χ0) is 14.4. The van der Waals surface area contributed by atoms with Crippen molar-refractivity contribution >= 4 is 5.96 Å². The summed E-state index contributed by atoms with van der Waals surface area (Å²) in [7, 11) is 6.12. The third-order valence-electron chi connectivity index (χ3n) is 4.23. The number of nitrogens with zero attached hydrogens (tertiary/aromatic N) is 3. The van der Waals surface area contributed by atoms with Crippen LogP contribution in [0, 0.1) is 11.8 Å². The second-order valence-corrected chi connectivity index (χ2v) is 6.28. The predicted molar refractivity (Wildman–Crippen MR) is 83.1 cm³/mol. The molecule has 1 atom stereocenters. The highest BCUT2D eigenvalue weighted by atomic mass is 16.5. The average molecular weight is 282 g/mol. The molecule has 0 aromatic heterocycles. The minimum atomic E-state index is 0.747. The molecule has 1 N–H and O–H groups in total. The number of guanidine groups is 1. The minimum Gasteiger partial charge on any atom is -0.379 e.